The van der Waals surface area contributed by atoms with Gasteiger partial charge >= 0.3 is 11.8 Å². The molecule has 3 nitrogen and oxygen atoms in total. The smallest absolute Gasteiger partial charge is 0.417 e. The summed E-state index contributed by atoms with van der Waals surface area (Å²) < 4.78 is 44.2. The number of halogens is 3. The topological polar surface area (TPSA) is 42.2 Å². The van der Waals surface area contributed by atoms with E-state index in [2.05, 4.69) is 12.2 Å². The largest absolute Gasteiger partial charge is 0.423 e. The van der Waals surface area contributed by atoms with Crippen LogP contribution in [0.1, 0.15) is 24.5 Å². The third-order valence-electron chi connectivity index (χ3n) is 3.82. The van der Waals surface area contributed by atoms with Crippen molar-refractivity contribution >= 4 is 16.7 Å². The lowest BCUT2D eigenvalue weighted by Gasteiger charge is -2.13. The molecule has 0 fully saturated rings. The van der Waals surface area contributed by atoms with Crippen LogP contribution < -0.4 is 10.9 Å². The number of benzene rings is 1. The van der Waals surface area contributed by atoms with Crippen molar-refractivity contribution in [3.63, 3.8) is 0 Å². The van der Waals surface area contributed by atoms with Crippen molar-refractivity contribution in [3.8, 4) is 0 Å². The summed E-state index contributed by atoms with van der Waals surface area (Å²) in [7, 11) is 0. The zero-order valence-electron chi connectivity index (χ0n) is 11.4. The van der Waals surface area contributed by atoms with E-state index >= 15 is 0 Å². The minimum Gasteiger partial charge on any atom is -0.423 e. The van der Waals surface area contributed by atoms with Gasteiger partial charge < -0.3 is 9.73 Å². The van der Waals surface area contributed by atoms with Gasteiger partial charge in [-0.15, -0.1) is 0 Å². The van der Waals surface area contributed by atoms with Crippen molar-refractivity contribution in [1.29, 1.82) is 0 Å². The van der Waals surface area contributed by atoms with E-state index in [0.717, 1.165) is 24.2 Å². The Kier molecular flexibility index (Phi) is 3.19. The predicted molar refractivity (Wildman–Crippen MR) is 73.5 cm³/mol. The number of anilines is 1. The lowest BCUT2D eigenvalue weighted by molar-refractivity contribution is -0.136. The Morgan fingerprint density at radius 3 is 2.76 bits per heavy atom. The van der Waals surface area contributed by atoms with E-state index < -0.39 is 17.4 Å². The fraction of sp³-hybridized carbons (Fsp3) is 0.400. The molecule has 1 aromatic heterocycles. The predicted octanol–water partition coefficient (Wildman–Crippen LogP) is 3.81. The maximum atomic E-state index is 13.1. The molecule has 1 atom stereocenters. The van der Waals surface area contributed by atoms with Crippen molar-refractivity contribution in [3.05, 3.63) is 39.7 Å². The standard InChI is InChI=1S/C15H14F3NO2/c1-8-2-3-9-4-10-11(15(16,17)18)5-14(20)21-13(10)6-12(9)19-7-8/h4-6,8,19H,2-3,7H2,1H3/t8-/m1/s1. The summed E-state index contributed by atoms with van der Waals surface area (Å²) in [6.45, 7) is 2.83. The van der Waals surface area contributed by atoms with Crippen LogP contribution in [-0.4, -0.2) is 6.54 Å². The maximum absolute atomic E-state index is 13.1. The molecule has 3 rings (SSSR count). The highest BCUT2D eigenvalue weighted by molar-refractivity contribution is 5.85. The molecule has 2 heterocycles. The van der Waals surface area contributed by atoms with Gasteiger partial charge in [-0.25, -0.2) is 4.79 Å². The van der Waals surface area contributed by atoms with Gasteiger partial charge in [0, 0.05) is 29.8 Å². The van der Waals surface area contributed by atoms with Crippen LogP contribution in [0, 0.1) is 5.92 Å². The Bertz CT molecular complexity index is 749. The van der Waals surface area contributed by atoms with Gasteiger partial charge in [-0.05, 0) is 30.4 Å². The number of aryl methyl sites for hydroxylation is 1. The van der Waals surface area contributed by atoms with E-state index in [9.17, 15) is 18.0 Å². The molecular formula is C15H14F3NO2. The summed E-state index contributed by atoms with van der Waals surface area (Å²) >= 11 is 0. The molecule has 0 radical (unpaired) electrons. The molecule has 0 saturated carbocycles. The second-order valence-corrected chi connectivity index (χ2v) is 5.51. The van der Waals surface area contributed by atoms with Crippen molar-refractivity contribution < 1.29 is 17.6 Å². The Labute approximate surface area is 118 Å². The number of alkyl halides is 3. The van der Waals surface area contributed by atoms with Crippen LogP contribution in [0.3, 0.4) is 0 Å². The van der Waals surface area contributed by atoms with Crippen molar-refractivity contribution in [2.24, 2.45) is 5.92 Å². The zero-order valence-corrected chi connectivity index (χ0v) is 11.4. The monoisotopic (exact) mass is 297 g/mol. The molecular weight excluding hydrogens is 283 g/mol. The molecule has 0 saturated heterocycles. The van der Waals surface area contributed by atoms with Crippen LogP contribution in [0.25, 0.3) is 11.0 Å². The van der Waals surface area contributed by atoms with Gasteiger partial charge in [0.25, 0.3) is 0 Å². The number of hydrogen-bond acceptors (Lipinski definition) is 3. The summed E-state index contributed by atoms with van der Waals surface area (Å²) in [6.07, 6.45) is -2.96. The van der Waals surface area contributed by atoms with Gasteiger partial charge in [0.15, 0.2) is 0 Å². The van der Waals surface area contributed by atoms with E-state index in [-0.39, 0.29) is 11.0 Å². The second kappa shape index (κ2) is 4.79. The van der Waals surface area contributed by atoms with E-state index in [1.165, 1.54) is 12.1 Å². The molecule has 0 spiro atoms. The molecule has 21 heavy (non-hydrogen) atoms. The summed E-state index contributed by atoms with van der Waals surface area (Å²) in [6, 6.07) is 3.50. The van der Waals surface area contributed by atoms with E-state index in [4.69, 9.17) is 4.42 Å². The molecule has 112 valence electrons. The van der Waals surface area contributed by atoms with Gasteiger partial charge in [0.05, 0.1) is 5.56 Å². The van der Waals surface area contributed by atoms with Crippen LogP contribution >= 0.6 is 0 Å². The summed E-state index contributed by atoms with van der Waals surface area (Å²) in [5.74, 6) is 0.439. The van der Waals surface area contributed by atoms with E-state index in [1.807, 2.05) is 0 Å². The molecule has 0 unspecified atom stereocenters. The fourth-order valence-corrected chi connectivity index (χ4v) is 2.65. The van der Waals surface area contributed by atoms with Crippen LogP contribution in [0.4, 0.5) is 18.9 Å². The van der Waals surface area contributed by atoms with E-state index in [0.29, 0.717) is 18.4 Å². The normalized spacial score (nSPS) is 19.0. The van der Waals surface area contributed by atoms with Crippen molar-refractivity contribution in [1.82, 2.24) is 0 Å². The summed E-state index contributed by atoms with van der Waals surface area (Å²) in [5, 5.41) is 3.14. The molecule has 6 heteroatoms. The fourth-order valence-electron chi connectivity index (χ4n) is 2.65. The first kappa shape index (κ1) is 14.0. The van der Waals surface area contributed by atoms with Gasteiger partial charge in [0.1, 0.15) is 5.58 Å². The summed E-state index contributed by atoms with van der Waals surface area (Å²) in [4.78, 5) is 11.4. The zero-order chi connectivity index (χ0) is 15.2. The average Bonchev–Trinajstić information content (AvgIpc) is 2.57. The summed E-state index contributed by atoms with van der Waals surface area (Å²) in [5.41, 5.74) is -0.387. The molecule has 2 aromatic rings. The molecule has 1 aliphatic heterocycles. The maximum Gasteiger partial charge on any atom is 0.417 e. The number of hydrogen-bond donors (Lipinski definition) is 1. The van der Waals surface area contributed by atoms with Gasteiger partial charge in [-0.2, -0.15) is 13.2 Å². The highest BCUT2D eigenvalue weighted by Crippen LogP contribution is 2.36. The molecule has 1 aromatic carbocycles. The SMILES string of the molecule is C[C@@H]1CCc2cc3c(C(F)(F)F)cc(=O)oc3cc2NC1. The van der Waals surface area contributed by atoms with Crippen molar-refractivity contribution in [2.75, 3.05) is 11.9 Å². The molecule has 1 N–H and O–H groups in total. The third kappa shape index (κ3) is 2.62. The highest BCUT2D eigenvalue weighted by Gasteiger charge is 2.34. The Hall–Kier alpha value is -1.98. The number of rotatable bonds is 0. The number of fused-ring (bicyclic) bond motifs is 2. The van der Waals surface area contributed by atoms with Crippen LogP contribution in [0.15, 0.2) is 27.4 Å². The first-order valence-electron chi connectivity index (χ1n) is 6.76. The minimum atomic E-state index is -4.58. The van der Waals surface area contributed by atoms with Gasteiger partial charge in [0.2, 0.25) is 0 Å². The first-order chi connectivity index (χ1) is 9.84. The van der Waals surface area contributed by atoms with Gasteiger partial charge in [-0.1, -0.05) is 6.92 Å². The van der Waals surface area contributed by atoms with Crippen LogP contribution in [0.5, 0.6) is 0 Å². The number of nitrogens with one attached hydrogen (secondary N) is 1. The Morgan fingerprint density at radius 2 is 2.05 bits per heavy atom. The van der Waals surface area contributed by atoms with E-state index in [1.54, 1.807) is 0 Å². The average molecular weight is 297 g/mol. The van der Waals surface area contributed by atoms with Crippen molar-refractivity contribution in [2.45, 2.75) is 25.9 Å². The second-order valence-electron chi connectivity index (χ2n) is 5.51. The third-order valence-corrected chi connectivity index (χ3v) is 3.82. The molecule has 0 bridgehead atoms. The molecule has 1 aliphatic rings. The lowest BCUT2D eigenvalue weighted by Crippen LogP contribution is -2.11. The Balaban J connectivity index is 2.26. The quantitative estimate of drug-likeness (QED) is 0.752. The van der Waals surface area contributed by atoms with Crippen LogP contribution in [-0.2, 0) is 12.6 Å². The molecule has 0 amide bonds. The molecule has 0 aliphatic carbocycles. The van der Waals surface area contributed by atoms with Crippen LogP contribution in [0.2, 0.25) is 0 Å². The first-order valence-corrected chi connectivity index (χ1v) is 6.76. The minimum absolute atomic E-state index is 0.0318. The van der Waals surface area contributed by atoms with Gasteiger partial charge in [-0.3, -0.25) is 0 Å². The highest BCUT2D eigenvalue weighted by atomic mass is 19.4. The Morgan fingerprint density at radius 1 is 1.29 bits per heavy atom. The lowest BCUT2D eigenvalue weighted by atomic mass is 10.00.